The first-order chi connectivity index (χ1) is 30.1. The van der Waals surface area contributed by atoms with Crippen LogP contribution >= 0.6 is 0 Å². The third-order valence-electron chi connectivity index (χ3n) is 13.3. The van der Waals surface area contributed by atoms with Crippen LogP contribution < -0.4 is 10.9 Å². The third kappa shape index (κ3) is 10.2. The van der Waals surface area contributed by atoms with E-state index in [1.807, 2.05) is 42.2 Å². The molecular weight excluding hydrogens is 790 g/mol. The molecule has 14 heteroatoms. The highest BCUT2D eigenvalue weighted by Crippen LogP contribution is 2.29. The third-order valence-corrected chi connectivity index (χ3v) is 13.3. The number of H-pyrrole nitrogens is 1. The lowest BCUT2D eigenvalue weighted by molar-refractivity contribution is -0.140. The number of carbonyl (C=O) groups excluding carboxylic acids is 4. The molecule has 1 saturated carbocycles. The predicted molar refractivity (Wildman–Crippen MR) is 233 cm³/mol. The van der Waals surface area contributed by atoms with Gasteiger partial charge in [-0.25, -0.2) is 9.49 Å². The summed E-state index contributed by atoms with van der Waals surface area (Å²) in [4.78, 5) is 73.9. The highest BCUT2D eigenvalue weighted by atomic mass is 19.1. The highest BCUT2D eigenvalue weighted by molar-refractivity contribution is 5.98. The molecule has 0 bridgehead atoms. The second-order valence-electron chi connectivity index (χ2n) is 17.6. The predicted octanol–water partition coefficient (Wildman–Crippen LogP) is 5.10. The lowest BCUT2D eigenvalue weighted by atomic mass is 9.83. The second-order valence-corrected chi connectivity index (χ2v) is 17.6. The zero-order chi connectivity index (χ0) is 43.2. The smallest absolute Gasteiger partial charge is 0.272 e. The van der Waals surface area contributed by atoms with E-state index in [1.54, 1.807) is 40.1 Å². The molecule has 4 heterocycles. The van der Waals surface area contributed by atoms with Crippen molar-refractivity contribution in [3.8, 4) is 0 Å². The number of nitrogens with one attached hydrogen (secondary N) is 2. The van der Waals surface area contributed by atoms with Gasteiger partial charge in [0.1, 0.15) is 11.9 Å². The molecule has 1 aromatic heterocycles. The number of amides is 4. The Hall–Kier alpha value is -5.47. The molecule has 2 N–H and O–H groups in total. The molecule has 4 aliphatic rings. The number of nitrogens with zero attached hydrogens (tertiary/aromatic N) is 5. The van der Waals surface area contributed by atoms with E-state index in [1.165, 1.54) is 12.5 Å². The molecule has 13 nitrogen and oxygen atoms in total. The summed E-state index contributed by atoms with van der Waals surface area (Å²) in [5.74, 6) is -1.03. The maximum Gasteiger partial charge on any atom is 0.272 e. The molecule has 8 rings (SSSR count). The van der Waals surface area contributed by atoms with Crippen LogP contribution in [0.25, 0.3) is 10.8 Å². The number of ether oxygens (including phenoxy) is 1. The van der Waals surface area contributed by atoms with E-state index in [-0.39, 0.29) is 47.0 Å². The molecule has 1 aliphatic carbocycles. The number of rotatable bonds is 11. The van der Waals surface area contributed by atoms with Crippen molar-refractivity contribution in [1.29, 1.82) is 0 Å². The molecule has 0 unspecified atom stereocenters. The maximum absolute atomic E-state index is 15.0. The first-order valence-electron chi connectivity index (χ1n) is 22.5. The number of piperazine rings is 1. The molecule has 0 radical (unpaired) electrons. The number of aromatic nitrogens is 2. The monoisotopic (exact) mass is 847 g/mol. The summed E-state index contributed by atoms with van der Waals surface area (Å²) in [6.45, 7) is 6.33. The van der Waals surface area contributed by atoms with Crippen molar-refractivity contribution in [1.82, 2.24) is 35.1 Å². The number of carbonyl (C=O) groups is 4. The number of hydrogen-bond acceptors (Lipinski definition) is 8. The lowest BCUT2D eigenvalue weighted by Crippen LogP contribution is -2.55. The SMILES string of the molecule is Cc1cccc(C(=O)N[C@@H](C(=O)N2CCC(OC3CCN(CC(=O)N4CCN(C(=O)c5cc(Cc6n[nH]c(=O)c7ccccc67)ccc5F)CC4)CC3)CC2)C2CCCCC2)c1. The minimum absolute atomic E-state index is 0.0175. The molecule has 3 saturated heterocycles. The molecule has 3 aromatic carbocycles. The van der Waals surface area contributed by atoms with Gasteiger partial charge in [0.25, 0.3) is 17.4 Å². The molecule has 1 atom stereocenters. The van der Waals surface area contributed by atoms with Crippen LogP contribution in [0.5, 0.6) is 0 Å². The Morgan fingerprint density at radius 1 is 0.774 bits per heavy atom. The van der Waals surface area contributed by atoms with Crippen LogP contribution in [-0.4, -0.2) is 131 Å². The number of hydrogen-bond donors (Lipinski definition) is 2. The maximum atomic E-state index is 15.0. The van der Waals surface area contributed by atoms with E-state index in [2.05, 4.69) is 20.4 Å². The van der Waals surface area contributed by atoms with E-state index in [0.717, 1.165) is 70.0 Å². The fourth-order valence-corrected chi connectivity index (χ4v) is 9.71. The van der Waals surface area contributed by atoms with E-state index < -0.39 is 17.8 Å². The summed E-state index contributed by atoms with van der Waals surface area (Å²) >= 11 is 0. The molecular formula is C48H58FN7O6. The summed E-state index contributed by atoms with van der Waals surface area (Å²) in [5.41, 5.74) is 2.60. The number of benzene rings is 3. The molecule has 4 fully saturated rings. The first-order valence-corrected chi connectivity index (χ1v) is 22.5. The van der Waals surface area contributed by atoms with Crippen LogP contribution in [0.2, 0.25) is 0 Å². The van der Waals surface area contributed by atoms with Crippen LogP contribution in [0.4, 0.5) is 4.39 Å². The number of aryl methyl sites for hydroxylation is 1. The van der Waals surface area contributed by atoms with E-state index in [9.17, 15) is 24.0 Å². The van der Waals surface area contributed by atoms with Crippen molar-refractivity contribution in [2.24, 2.45) is 5.92 Å². The van der Waals surface area contributed by atoms with E-state index in [4.69, 9.17) is 4.74 Å². The minimum atomic E-state index is -0.607. The quantitative estimate of drug-likeness (QED) is 0.212. The fourth-order valence-electron chi connectivity index (χ4n) is 9.71. The van der Waals surface area contributed by atoms with Gasteiger partial charge in [-0.15, -0.1) is 0 Å². The van der Waals surface area contributed by atoms with Crippen LogP contribution in [0.1, 0.15) is 95.3 Å². The summed E-state index contributed by atoms with van der Waals surface area (Å²) in [6, 6.07) is 18.6. The first kappa shape index (κ1) is 43.2. The van der Waals surface area contributed by atoms with Gasteiger partial charge in [-0.3, -0.25) is 28.9 Å². The standard InChI is InChI=1S/C48H58FN7O6/c1-32-8-7-11-35(28-32)45(58)50-44(34-9-3-2-4-10-34)48(61)55-22-18-37(19-23-55)62-36-16-20-53(21-17-36)31-43(57)54-24-26-56(27-25-54)47(60)40-29-33(14-15-41(40)49)30-42-38-12-5-6-13-39(38)46(59)52-51-42/h5-8,11-15,28-29,34,36-37,44H,2-4,9-10,16-27,30-31H2,1H3,(H,50,58)(H,52,59)/t44-/m1/s1. The number of halogens is 1. The molecule has 4 amide bonds. The normalized spacial score (nSPS) is 19.1. The average Bonchev–Trinajstić information content (AvgIpc) is 3.30. The summed E-state index contributed by atoms with van der Waals surface area (Å²) in [6.07, 6.45) is 8.85. The van der Waals surface area contributed by atoms with Crippen molar-refractivity contribution in [3.63, 3.8) is 0 Å². The molecule has 62 heavy (non-hydrogen) atoms. The van der Waals surface area contributed by atoms with Crippen molar-refractivity contribution in [3.05, 3.63) is 111 Å². The lowest BCUT2D eigenvalue weighted by Gasteiger charge is -2.40. The molecule has 0 spiro atoms. The van der Waals surface area contributed by atoms with Crippen LogP contribution in [-0.2, 0) is 20.7 Å². The van der Waals surface area contributed by atoms with Crippen molar-refractivity contribution < 1.29 is 28.3 Å². The zero-order valence-electron chi connectivity index (χ0n) is 35.7. The summed E-state index contributed by atoms with van der Waals surface area (Å²) < 4.78 is 21.6. The Morgan fingerprint density at radius 3 is 2.16 bits per heavy atom. The van der Waals surface area contributed by atoms with Crippen molar-refractivity contribution in [2.75, 3.05) is 58.9 Å². The summed E-state index contributed by atoms with van der Waals surface area (Å²) in [5, 5.41) is 11.1. The Kier molecular flexibility index (Phi) is 13.7. The van der Waals surface area contributed by atoms with Crippen molar-refractivity contribution in [2.45, 2.75) is 89.4 Å². The number of piperidine rings is 2. The number of likely N-dealkylation sites (tertiary alicyclic amines) is 2. The van der Waals surface area contributed by atoms with Crippen molar-refractivity contribution >= 4 is 34.4 Å². The largest absolute Gasteiger partial charge is 0.375 e. The van der Waals surface area contributed by atoms with Crippen LogP contribution in [0, 0.1) is 18.7 Å². The second kappa shape index (κ2) is 19.7. The molecule has 3 aliphatic heterocycles. The van der Waals surface area contributed by atoms with Gasteiger partial charge in [0.05, 0.1) is 35.4 Å². The molecule has 4 aromatic rings. The zero-order valence-corrected chi connectivity index (χ0v) is 35.7. The Labute approximate surface area is 362 Å². The molecule has 328 valence electrons. The average molecular weight is 848 g/mol. The van der Waals surface area contributed by atoms with E-state index >= 15 is 4.39 Å². The van der Waals surface area contributed by atoms with Gasteiger partial charge in [0, 0.05) is 69.7 Å². The number of aromatic amines is 1. The van der Waals surface area contributed by atoms with Gasteiger partial charge in [0.15, 0.2) is 0 Å². The minimum Gasteiger partial charge on any atom is -0.375 e. The highest BCUT2D eigenvalue weighted by Gasteiger charge is 2.37. The Bertz CT molecular complexity index is 2310. The van der Waals surface area contributed by atoms with Gasteiger partial charge < -0.3 is 24.8 Å². The van der Waals surface area contributed by atoms with Gasteiger partial charge in [-0.2, -0.15) is 5.10 Å². The fraction of sp³-hybridized carbons (Fsp3) is 0.500. The van der Waals surface area contributed by atoms with E-state index in [0.29, 0.717) is 79.8 Å². The Morgan fingerprint density at radius 2 is 1.45 bits per heavy atom. The van der Waals surface area contributed by atoms with Crippen LogP contribution in [0.15, 0.2) is 71.5 Å². The Balaban J connectivity index is 0.762. The van der Waals surface area contributed by atoms with Gasteiger partial charge in [-0.1, -0.05) is 61.2 Å². The van der Waals surface area contributed by atoms with Gasteiger partial charge in [0.2, 0.25) is 11.8 Å². The summed E-state index contributed by atoms with van der Waals surface area (Å²) in [7, 11) is 0. The van der Waals surface area contributed by atoms with Gasteiger partial charge >= 0.3 is 0 Å². The van der Waals surface area contributed by atoms with Crippen LogP contribution in [0.3, 0.4) is 0 Å². The number of fused-ring (bicyclic) bond motifs is 1. The topological polar surface area (TPSA) is 148 Å². The van der Waals surface area contributed by atoms with Gasteiger partial charge in [-0.05, 0) is 87.3 Å².